The molecule has 0 saturated heterocycles. The van der Waals surface area contributed by atoms with E-state index in [1.807, 2.05) is 6.92 Å². The number of Topliss-reactive ketones (excluding diaryl/α,β-unsaturated/α-hetero) is 3. The molecule has 3 unspecified atom stereocenters. The van der Waals surface area contributed by atoms with Gasteiger partial charge >= 0.3 is 0 Å². The minimum Gasteiger partial charge on any atom is -0.300 e. The molecule has 1 aliphatic carbocycles. The van der Waals surface area contributed by atoms with Crippen molar-refractivity contribution in [1.29, 1.82) is 0 Å². The smallest absolute Gasteiger partial charge is 0.163 e. The molecule has 3 atom stereocenters. The summed E-state index contributed by atoms with van der Waals surface area (Å²) in [6.07, 6.45) is 7.33. The van der Waals surface area contributed by atoms with E-state index in [1.54, 1.807) is 0 Å². The molecule has 1 aromatic carbocycles. The second-order valence-electron chi connectivity index (χ2n) is 8.98. The molecule has 3 heteroatoms. The first kappa shape index (κ1) is 23.5. The van der Waals surface area contributed by atoms with E-state index in [0.29, 0.717) is 12.3 Å². The van der Waals surface area contributed by atoms with Crippen molar-refractivity contribution in [3.8, 4) is 0 Å². The molecule has 0 spiro atoms. The minimum atomic E-state index is -0.0657. The fraction of sp³-hybridized carbons (Fsp3) is 0.654. The SMILES string of the molecule is CCCc1ccc2c(c1C)C(=O)CC(CC(CCC)C(CC)C(=O)CC(C)=O)C2. The van der Waals surface area contributed by atoms with Gasteiger partial charge in [-0.1, -0.05) is 52.2 Å². The predicted octanol–water partition coefficient (Wildman–Crippen LogP) is 6.07. The maximum atomic E-state index is 13.0. The highest BCUT2D eigenvalue weighted by atomic mass is 16.1. The van der Waals surface area contributed by atoms with Crippen molar-refractivity contribution in [1.82, 2.24) is 0 Å². The number of rotatable bonds is 11. The fourth-order valence-electron chi connectivity index (χ4n) is 5.31. The molecular formula is C26H38O3. The summed E-state index contributed by atoms with van der Waals surface area (Å²) in [6, 6.07) is 4.35. The van der Waals surface area contributed by atoms with Gasteiger partial charge in [-0.2, -0.15) is 0 Å². The Morgan fingerprint density at radius 3 is 2.41 bits per heavy atom. The maximum absolute atomic E-state index is 13.0. The van der Waals surface area contributed by atoms with E-state index in [0.717, 1.165) is 50.5 Å². The van der Waals surface area contributed by atoms with Crippen molar-refractivity contribution in [3.63, 3.8) is 0 Å². The van der Waals surface area contributed by atoms with Crippen LogP contribution in [-0.4, -0.2) is 17.3 Å². The van der Waals surface area contributed by atoms with E-state index in [1.165, 1.54) is 23.6 Å². The van der Waals surface area contributed by atoms with Crippen molar-refractivity contribution >= 4 is 17.3 Å². The minimum absolute atomic E-state index is 0.0462. The zero-order valence-electron chi connectivity index (χ0n) is 19.0. The van der Waals surface area contributed by atoms with Crippen LogP contribution in [0.5, 0.6) is 0 Å². The van der Waals surface area contributed by atoms with Crippen LogP contribution in [0.4, 0.5) is 0 Å². The molecular weight excluding hydrogens is 360 g/mol. The molecule has 160 valence electrons. The molecule has 2 rings (SSSR count). The average molecular weight is 399 g/mol. The van der Waals surface area contributed by atoms with E-state index in [2.05, 4.69) is 32.9 Å². The topological polar surface area (TPSA) is 51.2 Å². The van der Waals surface area contributed by atoms with Gasteiger partial charge in [-0.05, 0) is 68.1 Å². The Hall–Kier alpha value is -1.77. The van der Waals surface area contributed by atoms with Crippen LogP contribution in [0.25, 0.3) is 0 Å². The molecule has 0 heterocycles. The largest absolute Gasteiger partial charge is 0.300 e. The van der Waals surface area contributed by atoms with Crippen LogP contribution in [0, 0.1) is 24.7 Å². The summed E-state index contributed by atoms with van der Waals surface area (Å²) in [5, 5.41) is 0. The first-order valence-electron chi connectivity index (χ1n) is 11.5. The van der Waals surface area contributed by atoms with Crippen LogP contribution in [0.2, 0.25) is 0 Å². The summed E-state index contributed by atoms with van der Waals surface area (Å²) in [5.74, 6) is 0.790. The van der Waals surface area contributed by atoms with Crippen LogP contribution in [0.3, 0.4) is 0 Å². The number of hydrogen-bond donors (Lipinski definition) is 0. The third kappa shape index (κ3) is 5.87. The van der Waals surface area contributed by atoms with Gasteiger partial charge in [-0.15, -0.1) is 0 Å². The van der Waals surface area contributed by atoms with Crippen molar-refractivity contribution in [2.45, 2.75) is 92.4 Å². The molecule has 3 nitrogen and oxygen atoms in total. The van der Waals surface area contributed by atoms with Crippen molar-refractivity contribution in [3.05, 3.63) is 34.4 Å². The van der Waals surface area contributed by atoms with Crippen LogP contribution in [-0.2, 0) is 22.4 Å². The third-order valence-electron chi connectivity index (χ3n) is 6.59. The average Bonchev–Trinajstić information content (AvgIpc) is 2.64. The maximum Gasteiger partial charge on any atom is 0.163 e. The second kappa shape index (κ2) is 10.8. The van der Waals surface area contributed by atoms with Gasteiger partial charge in [0.05, 0.1) is 6.42 Å². The van der Waals surface area contributed by atoms with Gasteiger partial charge in [0.15, 0.2) is 5.78 Å². The van der Waals surface area contributed by atoms with Gasteiger partial charge in [0.25, 0.3) is 0 Å². The standard InChI is InChI=1S/C26H38O3/c1-6-9-20-11-12-22-15-19(16-25(29)26(22)18(20)5)14-21(10-7-2)23(8-3)24(28)13-17(4)27/h11-12,19,21,23H,6-10,13-16H2,1-5H3. The lowest BCUT2D eigenvalue weighted by Crippen LogP contribution is -2.30. The van der Waals surface area contributed by atoms with E-state index in [4.69, 9.17) is 0 Å². The molecule has 0 amide bonds. The van der Waals surface area contributed by atoms with Crippen LogP contribution >= 0.6 is 0 Å². The lowest BCUT2D eigenvalue weighted by atomic mass is 9.72. The predicted molar refractivity (Wildman–Crippen MR) is 118 cm³/mol. The van der Waals surface area contributed by atoms with Gasteiger partial charge < -0.3 is 0 Å². The van der Waals surface area contributed by atoms with Crippen molar-refractivity contribution in [2.75, 3.05) is 0 Å². The number of ketones is 3. The number of carbonyl (C=O) groups excluding carboxylic acids is 3. The molecule has 0 aromatic heterocycles. The highest BCUT2D eigenvalue weighted by Gasteiger charge is 2.33. The molecule has 0 bridgehead atoms. The first-order chi connectivity index (χ1) is 13.8. The monoisotopic (exact) mass is 398 g/mol. The first-order valence-corrected chi connectivity index (χ1v) is 11.5. The summed E-state index contributed by atoms with van der Waals surface area (Å²) in [4.78, 5) is 37.1. The number of fused-ring (bicyclic) bond motifs is 1. The van der Waals surface area contributed by atoms with Gasteiger partial charge in [0.1, 0.15) is 11.6 Å². The lowest BCUT2D eigenvalue weighted by molar-refractivity contribution is -0.129. The van der Waals surface area contributed by atoms with Crippen LogP contribution in [0.15, 0.2) is 12.1 Å². The zero-order chi connectivity index (χ0) is 21.6. The molecule has 0 saturated carbocycles. The molecule has 0 N–H and O–H groups in total. The highest BCUT2D eigenvalue weighted by molar-refractivity contribution is 6.00. The molecule has 29 heavy (non-hydrogen) atoms. The number of aryl methyl sites for hydroxylation is 1. The lowest BCUT2D eigenvalue weighted by Gasteiger charge is -2.32. The number of benzene rings is 1. The number of hydrogen-bond acceptors (Lipinski definition) is 3. The summed E-state index contributed by atoms with van der Waals surface area (Å²) in [5.41, 5.74) is 4.60. The Morgan fingerprint density at radius 2 is 1.83 bits per heavy atom. The van der Waals surface area contributed by atoms with E-state index >= 15 is 0 Å². The highest BCUT2D eigenvalue weighted by Crippen LogP contribution is 2.37. The van der Waals surface area contributed by atoms with E-state index < -0.39 is 0 Å². The summed E-state index contributed by atoms with van der Waals surface area (Å²) >= 11 is 0. The summed E-state index contributed by atoms with van der Waals surface area (Å²) in [6.45, 7) is 9.95. The molecule has 1 aliphatic rings. The van der Waals surface area contributed by atoms with Crippen LogP contribution in [0.1, 0.15) is 99.7 Å². The zero-order valence-corrected chi connectivity index (χ0v) is 19.0. The summed E-state index contributed by atoms with van der Waals surface area (Å²) < 4.78 is 0. The van der Waals surface area contributed by atoms with Gasteiger partial charge in [-0.3, -0.25) is 14.4 Å². The fourth-order valence-corrected chi connectivity index (χ4v) is 5.31. The Morgan fingerprint density at radius 1 is 1.10 bits per heavy atom. The van der Waals surface area contributed by atoms with Crippen molar-refractivity contribution < 1.29 is 14.4 Å². The van der Waals surface area contributed by atoms with Gasteiger partial charge in [0, 0.05) is 17.9 Å². The molecule has 0 fully saturated rings. The van der Waals surface area contributed by atoms with Gasteiger partial charge in [0.2, 0.25) is 0 Å². The molecule has 0 radical (unpaired) electrons. The molecule has 1 aromatic rings. The van der Waals surface area contributed by atoms with E-state index in [9.17, 15) is 14.4 Å². The normalized spacial score (nSPS) is 18.2. The third-order valence-corrected chi connectivity index (χ3v) is 6.59. The summed E-state index contributed by atoms with van der Waals surface area (Å²) in [7, 11) is 0. The van der Waals surface area contributed by atoms with Gasteiger partial charge in [-0.25, -0.2) is 0 Å². The Balaban J connectivity index is 2.20. The quantitative estimate of drug-likeness (QED) is 0.425. The second-order valence-corrected chi connectivity index (χ2v) is 8.98. The Labute approximate surface area is 176 Å². The molecule has 0 aliphatic heterocycles. The van der Waals surface area contributed by atoms with E-state index in [-0.39, 0.29) is 35.6 Å². The van der Waals surface area contributed by atoms with Crippen molar-refractivity contribution in [2.24, 2.45) is 17.8 Å². The van der Waals surface area contributed by atoms with Crippen LogP contribution < -0.4 is 0 Å². The Bertz CT molecular complexity index is 747. The Kier molecular flexibility index (Phi) is 8.79. The number of carbonyl (C=O) groups is 3.